The lowest BCUT2D eigenvalue weighted by Crippen LogP contribution is -2.40. The molecule has 2 nitrogen and oxygen atoms in total. The summed E-state index contributed by atoms with van der Waals surface area (Å²) >= 11 is 3.39. The maximum Gasteiger partial charge on any atom is 0.176 e. The summed E-state index contributed by atoms with van der Waals surface area (Å²) in [6.45, 7) is 7.28. The van der Waals surface area contributed by atoms with Crippen LogP contribution in [0, 0.1) is 5.41 Å². The lowest BCUT2D eigenvalue weighted by molar-refractivity contribution is 0.0813. The van der Waals surface area contributed by atoms with Gasteiger partial charge >= 0.3 is 0 Å². The van der Waals surface area contributed by atoms with Gasteiger partial charge in [0.2, 0.25) is 0 Å². The molecule has 0 aromatic heterocycles. The number of ketones is 1. The molecule has 0 radical (unpaired) electrons. The first-order chi connectivity index (χ1) is 9.02. The molecule has 0 N–H and O–H groups in total. The third-order valence-corrected chi connectivity index (χ3v) is 4.98. The molecule has 1 saturated heterocycles. The quantitative estimate of drug-likeness (QED) is 0.776. The summed E-state index contributed by atoms with van der Waals surface area (Å²) in [6.07, 6.45) is 3.65. The zero-order valence-corrected chi connectivity index (χ0v) is 13.4. The van der Waals surface area contributed by atoms with Crippen molar-refractivity contribution in [2.24, 2.45) is 5.41 Å². The molecule has 1 aliphatic heterocycles. The average Bonchev–Trinajstić information content (AvgIpc) is 2.42. The fourth-order valence-electron chi connectivity index (χ4n) is 2.53. The Labute approximate surface area is 124 Å². The molecular weight excluding hydrogens is 302 g/mol. The molecule has 3 heteroatoms. The summed E-state index contributed by atoms with van der Waals surface area (Å²) in [5, 5.41) is 0. The van der Waals surface area contributed by atoms with Crippen molar-refractivity contribution in [2.75, 3.05) is 19.6 Å². The Morgan fingerprint density at radius 2 is 1.84 bits per heavy atom. The highest BCUT2D eigenvalue weighted by Crippen LogP contribution is 2.33. The molecule has 1 aromatic carbocycles. The van der Waals surface area contributed by atoms with Crippen molar-refractivity contribution >= 4 is 21.7 Å². The van der Waals surface area contributed by atoms with E-state index in [1.807, 2.05) is 24.3 Å². The molecule has 19 heavy (non-hydrogen) atoms. The molecule has 0 atom stereocenters. The van der Waals surface area contributed by atoms with Gasteiger partial charge in [-0.2, -0.15) is 0 Å². The minimum absolute atomic E-state index is 0.229. The van der Waals surface area contributed by atoms with Gasteiger partial charge in [0, 0.05) is 10.0 Å². The molecule has 2 rings (SSSR count). The van der Waals surface area contributed by atoms with E-state index in [9.17, 15) is 4.79 Å². The molecule has 0 saturated carbocycles. The Balaban J connectivity index is 1.89. The number of halogens is 1. The Bertz CT molecular complexity index is 433. The van der Waals surface area contributed by atoms with Gasteiger partial charge in [0.25, 0.3) is 0 Å². The van der Waals surface area contributed by atoms with Gasteiger partial charge in [0.15, 0.2) is 5.78 Å². The number of carbonyl (C=O) groups is 1. The van der Waals surface area contributed by atoms with Crippen molar-refractivity contribution < 1.29 is 4.79 Å². The lowest BCUT2D eigenvalue weighted by Gasteiger charge is -2.38. The van der Waals surface area contributed by atoms with Crippen molar-refractivity contribution in [1.82, 2.24) is 4.90 Å². The van der Waals surface area contributed by atoms with Gasteiger partial charge in [-0.05, 0) is 43.5 Å². The van der Waals surface area contributed by atoms with Crippen LogP contribution < -0.4 is 0 Å². The minimum Gasteiger partial charge on any atom is -0.296 e. The normalized spacial score (nSPS) is 19.3. The van der Waals surface area contributed by atoms with Crippen molar-refractivity contribution in [1.29, 1.82) is 0 Å². The molecule has 0 aliphatic carbocycles. The van der Waals surface area contributed by atoms with E-state index in [2.05, 4.69) is 34.7 Å². The van der Waals surface area contributed by atoms with E-state index in [0.29, 0.717) is 12.0 Å². The highest BCUT2D eigenvalue weighted by atomic mass is 79.9. The van der Waals surface area contributed by atoms with Gasteiger partial charge in [-0.1, -0.05) is 48.3 Å². The average molecular weight is 324 g/mol. The van der Waals surface area contributed by atoms with Crippen LogP contribution >= 0.6 is 15.9 Å². The number of piperidine rings is 1. The first-order valence-corrected chi connectivity index (χ1v) is 7.83. The second kappa shape index (κ2) is 6.19. The summed E-state index contributed by atoms with van der Waals surface area (Å²) in [5.41, 5.74) is 1.30. The number of benzene rings is 1. The van der Waals surface area contributed by atoms with Gasteiger partial charge in [-0.3, -0.25) is 9.69 Å². The van der Waals surface area contributed by atoms with E-state index in [1.54, 1.807) is 0 Å². The van der Waals surface area contributed by atoms with Crippen molar-refractivity contribution in [2.45, 2.75) is 33.1 Å². The van der Waals surface area contributed by atoms with E-state index in [4.69, 9.17) is 0 Å². The number of hydrogen-bond acceptors (Lipinski definition) is 2. The summed E-state index contributed by atoms with van der Waals surface area (Å²) in [7, 11) is 0. The van der Waals surface area contributed by atoms with Crippen LogP contribution in [0.3, 0.4) is 0 Å². The predicted octanol–water partition coefficient (Wildman–Crippen LogP) is 4.14. The van der Waals surface area contributed by atoms with Crippen molar-refractivity contribution in [3.05, 3.63) is 34.3 Å². The number of hydrogen-bond donors (Lipinski definition) is 0. The number of rotatable bonds is 4. The van der Waals surface area contributed by atoms with E-state index in [1.165, 1.54) is 19.3 Å². The number of likely N-dealkylation sites (tertiary alicyclic amines) is 1. The smallest absolute Gasteiger partial charge is 0.176 e. The van der Waals surface area contributed by atoms with Crippen molar-refractivity contribution in [3.8, 4) is 0 Å². The highest BCUT2D eigenvalue weighted by Gasteiger charge is 2.28. The molecule has 1 heterocycles. The molecule has 1 aliphatic rings. The number of Topliss-reactive ketones (excluding diaryl/α,β-unsaturated/α-hetero) is 1. The van der Waals surface area contributed by atoms with Gasteiger partial charge in [-0.25, -0.2) is 0 Å². The molecule has 0 spiro atoms. The Hall–Kier alpha value is -0.670. The van der Waals surface area contributed by atoms with Crippen LogP contribution in [0.5, 0.6) is 0 Å². The van der Waals surface area contributed by atoms with E-state index < -0.39 is 0 Å². The Kier molecular flexibility index (Phi) is 4.80. The van der Waals surface area contributed by atoms with Gasteiger partial charge in [0.1, 0.15) is 0 Å². The fourth-order valence-corrected chi connectivity index (χ4v) is 2.80. The monoisotopic (exact) mass is 323 g/mol. The largest absolute Gasteiger partial charge is 0.296 e. The first kappa shape index (κ1) is 14.7. The summed E-state index contributed by atoms with van der Waals surface area (Å²) in [6, 6.07) is 7.65. The molecule has 0 unspecified atom stereocenters. The van der Waals surface area contributed by atoms with E-state index in [-0.39, 0.29) is 5.78 Å². The van der Waals surface area contributed by atoms with Crippen LogP contribution in [0.2, 0.25) is 0 Å². The van der Waals surface area contributed by atoms with Gasteiger partial charge in [0.05, 0.1) is 6.54 Å². The topological polar surface area (TPSA) is 20.3 Å². The zero-order valence-electron chi connectivity index (χ0n) is 11.8. The predicted molar refractivity (Wildman–Crippen MR) is 82.5 cm³/mol. The SMILES string of the molecule is CCC1(C)CCN(CC(=O)c2ccc(Br)cc2)CC1. The van der Waals surface area contributed by atoms with Gasteiger partial charge in [-0.15, -0.1) is 0 Å². The second-order valence-corrected chi connectivity index (χ2v) is 6.79. The highest BCUT2D eigenvalue weighted by molar-refractivity contribution is 9.10. The summed E-state index contributed by atoms with van der Waals surface area (Å²) < 4.78 is 1.01. The Morgan fingerprint density at radius 1 is 1.26 bits per heavy atom. The van der Waals surface area contributed by atoms with Crippen LogP contribution in [0.1, 0.15) is 43.5 Å². The first-order valence-electron chi connectivity index (χ1n) is 7.03. The number of carbonyl (C=O) groups excluding carboxylic acids is 1. The molecule has 0 bridgehead atoms. The molecule has 1 aromatic rings. The van der Waals surface area contributed by atoms with Crippen LogP contribution in [-0.4, -0.2) is 30.3 Å². The molecule has 104 valence electrons. The third kappa shape index (κ3) is 3.90. The van der Waals surface area contributed by atoms with Crippen LogP contribution in [0.4, 0.5) is 0 Å². The lowest BCUT2D eigenvalue weighted by atomic mass is 9.78. The Morgan fingerprint density at radius 3 is 2.37 bits per heavy atom. The fraction of sp³-hybridized carbons (Fsp3) is 0.562. The van der Waals surface area contributed by atoms with Crippen LogP contribution in [0.25, 0.3) is 0 Å². The number of nitrogens with zero attached hydrogens (tertiary/aromatic N) is 1. The molecule has 0 amide bonds. The third-order valence-electron chi connectivity index (χ3n) is 4.45. The van der Waals surface area contributed by atoms with Gasteiger partial charge < -0.3 is 0 Å². The summed E-state index contributed by atoms with van der Waals surface area (Å²) in [4.78, 5) is 14.5. The summed E-state index contributed by atoms with van der Waals surface area (Å²) in [5.74, 6) is 0.229. The second-order valence-electron chi connectivity index (χ2n) is 5.87. The van der Waals surface area contributed by atoms with Crippen molar-refractivity contribution in [3.63, 3.8) is 0 Å². The molecule has 1 fully saturated rings. The minimum atomic E-state index is 0.229. The van der Waals surface area contributed by atoms with E-state index >= 15 is 0 Å². The van der Waals surface area contributed by atoms with Crippen LogP contribution in [0.15, 0.2) is 28.7 Å². The van der Waals surface area contributed by atoms with E-state index in [0.717, 1.165) is 23.1 Å². The maximum atomic E-state index is 12.2. The standard InChI is InChI=1S/C16H22BrNO/c1-3-16(2)8-10-18(11-9-16)12-15(19)13-4-6-14(17)7-5-13/h4-7H,3,8-12H2,1-2H3. The zero-order chi connectivity index (χ0) is 13.9. The van der Waals surface area contributed by atoms with Crippen LogP contribution in [-0.2, 0) is 0 Å². The maximum absolute atomic E-state index is 12.2. The molecular formula is C16H22BrNO.